The van der Waals surface area contributed by atoms with E-state index in [1.165, 1.54) is 9.80 Å². The van der Waals surface area contributed by atoms with Gasteiger partial charge >= 0.3 is 12.1 Å². The second-order valence-corrected chi connectivity index (χ2v) is 6.59. The van der Waals surface area contributed by atoms with Gasteiger partial charge in [-0.25, -0.2) is 9.59 Å². The van der Waals surface area contributed by atoms with Gasteiger partial charge in [0.15, 0.2) is 0 Å². The highest BCUT2D eigenvalue weighted by Gasteiger charge is 2.42. The minimum atomic E-state index is -1.09. The Morgan fingerprint density at radius 2 is 1.76 bits per heavy atom. The van der Waals surface area contributed by atoms with Crippen LogP contribution in [0.25, 0.3) is 0 Å². The minimum absolute atomic E-state index is 0.0251. The number of rotatable bonds is 2. The van der Waals surface area contributed by atoms with Crippen LogP contribution in [-0.4, -0.2) is 64.2 Å². The highest BCUT2D eigenvalue weighted by Crippen LogP contribution is 2.32. The molecule has 1 N–H and O–H groups in total. The zero-order valence-corrected chi connectivity index (χ0v) is 12.7. The largest absolute Gasteiger partial charge is 0.480 e. The fourth-order valence-corrected chi connectivity index (χ4v) is 2.32. The summed E-state index contributed by atoms with van der Waals surface area (Å²) < 4.78 is 5.25. The van der Waals surface area contributed by atoms with Crippen LogP contribution in [0.15, 0.2) is 0 Å². The molecule has 1 aliphatic heterocycles. The van der Waals surface area contributed by atoms with Gasteiger partial charge in [-0.2, -0.15) is 0 Å². The number of ether oxygens (including phenoxy) is 1. The summed E-state index contributed by atoms with van der Waals surface area (Å²) in [6.45, 7) is 5.79. The predicted molar refractivity (Wildman–Crippen MR) is 73.7 cm³/mol. The van der Waals surface area contributed by atoms with E-state index in [0.717, 1.165) is 12.8 Å². The lowest BCUT2D eigenvalue weighted by atomic mass is 10.1. The molecule has 7 heteroatoms. The van der Waals surface area contributed by atoms with Crippen molar-refractivity contribution in [3.63, 3.8) is 0 Å². The normalized spacial score (nSPS) is 22.9. The minimum Gasteiger partial charge on any atom is -0.480 e. The molecule has 0 radical (unpaired) electrons. The molecule has 118 valence electrons. The van der Waals surface area contributed by atoms with E-state index in [1.807, 2.05) is 0 Å². The van der Waals surface area contributed by atoms with Crippen molar-refractivity contribution in [1.82, 2.24) is 9.80 Å². The fraction of sp³-hybridized carbons (Fsp3) is 0.786. The zero-order chi connectivity index (χ0) is 15.8. The molecular weight excluding hydrogens is 276 g/mol. The summed E-state index contributed by atoms with van der Waals surface area (Å²) in [6.07, 6.45) is 1.13. The number of nitrogens with zero attached hydrogens (tertiary/aromatic N) is 2. The first-order valence-corrected chi connectivity index (χ1v) is 7.20. The highest BCUT2D eigenvalue weighted by atomic mass is 16.6. The van der Waals surface area contributed by atoms with Crippen molar-refractivity contribution in [3.05, 3.63) is 0 Å². The molecular formula is C14H22N2O5. The summed E-state index contributed by atoms with van der Waals surface area (Å²) in [6, 6.07) is -0.987. The van der Waals surface area contributed by atoms with Crippen molar-refractivity contribution in [2.24, 2.45) is 5.92 Å². The lowest BCUT2D eigenvalue weighted by molar-refractivity contribution is -0.154. The molecule has 1 heterocycles. The van der Waals surface area contributed by atoms with Gasteiger partial charge in [0.2, 0.25) is 5.91 Å². The Kier molecular flexibility index (Phi) is 4.11. The van der Waals surface area contributed by atoms with Crippen LogP contribution in [0.2, 0.25) is 0 Å². The maximum absolute atomic E-state index is 12.1. The molecule has 7 nitrogen and oxygen atoms in total. The van der Waals surface area contributed by atoms with E-state index in [2.05, 4.69) is 0 Å². The number of carboxylic acids is 1. The van der Waals surface area contributed by atoms with Crippen LogP contribution in [0.5, 0.6) is 0 Å². The Balaban J connectivity index is 2.02. The van der Waals surface area contributed by atoms with Crippen LogP contribution in [0.1, 0.15) is 33.6 Å². The monoisotopic (exact) mass is 298 g/mol. The number of hydrogen-bond acceptors (Lipinski definition) is 4. The van der Waals surface area contributed by atoms with Gasteiger partial charge in [-0.05, 0) is 33.6 Å². The number of piperazine rings is 1. The number of hydrogen-bond donors (Lipinski definition) is 1. The van der Waals surface area contributed by atoms with E-state index in [-0.39, 0.29) is 24.9 Å². The molecule has 21 heavy (non-hydrogen) atoms. The summed E-state index contributed by atoms with van der Waals surface area (Å²) in [5.41, 5.74) is -0.628. The van der Waals surface area contributed by atoms with Crippen LogP contribution in [0.3, 0.4) is 0 Å². The van der Waals surface area contributed by atoms with Crippen LogP contribution in [0, 0.1) is 5.92 Å². The summed E-state index contributed by atoms with van der Waals surface area (Å²) in [7, 11) is 0. The van der Waals surface area contributed by atoms with Gasteiger partial charge in [-0.1, -0.05) is 0 Å². The Labute approximate surface area is 123 Å². The predicted octanol–water partition coefficient (Wildman–Crippen LogP) is 0.929. The number of carbonyl (C=O) groups is 3. The van der Waals surface area contributed by atoms with Crippen LogP contribution in [-0.2, 0) is 14.3 Å². The van der Waals surface area contributed by atoms with Gasteiger partial charge in [-0.3, -0.25) is 4.79 Å². The van der Waals surface area contributed by atoms with E-state index < -0.39 is 23.7 Å². The van der Waals surface area contributed by atoms with Gasteiger partial charge in [0.1, 0.15) is 11.6 Å². The zero-order valence-electron chi connectivity index (χ0n) is 12.7. The smallest absolute Gasteiger partial charge is 0.410 e. The van der Waals surface area contributed by atoms with E-state index in [0.29, 0.717) is 6.54 Å². The SMILES string of the molecule is CC(C)(C)OC(=O)N1CCN(C(=O)C2CC2)[C@H](C(=O)O)C1. The highest BCUT2D eigenvalue weighted by molar-refractivity contribution is 5.87. The first-order chi connectivity index (χ1) is 9.69. The van der Waals surface area contributed by atoms with Crippen LogP contribution >= 0.6 is 0 Å². The Morgan fingerprint density at radius 1 is 1.14 bits per heavy atom. The van der Waals surface area contributed by atoms with Gasteiger partial charge in [0.25, 0.3) is 0 Å². The molecule has 1 saturated carbocycles. The fourth-order valence-electron chi connectivity index (χ4n) is 2.32. The van der Waals surface area contributed by atoms with Crippen molar-refractivity contribution >= 4 is 18.0 Å². The van der Waals surface area contributed by atoms with Crippen molar-refractivity contribution < 1.29 is 24.2 Å². The molecule has 2 amide bonds. The van der Waals surface area contributed by atoms with Crippen molar-refractivity contribution in [2.45, 2.75) is 45.3 Å². The molecule has 1 atom stereocenters. The third kappa shape index (κ3) is 3.86. The second kappa shape index (κ2) is 5.54. The molecule has 0 spiro atoms. The lowest BCUT2D eigenvalue weighted by Crippen LogP contribution is -2.60. The number of amides is 2. The van der Waals surface area contributed by atoms with Crippen LogP contribution in [0.4, 0.5) is 4.79 Å². The van der Waals surface area contributed by atoms with E-state index in [4.69, 9.17) is 4.74 Å². The van der Waals surface area contributed by atoms with Gasteiger partial charge in [0, 0.05) is 19.0 Å². The number of aliphatic carboxylic acids is 1. The summed E-state index contributed by atoms with van der Waals surface area (Å²) >= 11 is 0. The molecule has 1 saturated heterocycles. The molecule has 2 fully saturated rings. The van der Waals surface area contributed by atoms with Crippen molar-refractivity contribution in [1.29, 1.82) is 0 Å². The summed E-state index contributed by atoms with van der Waals surface area (Å²) in [4.78, 5) is 38.3. The average Bonchev–Trinajstić information content (AvgIpc) is 3.19. The molecule has 2 aliphatic rings. The molecule has 0 bridgehead atoms. The molecule has 0 aromatic rings. The lowest BCUT2D eigenvalue weighted by Gasteiger charge is -2.39. The third-order valence-electron chi connectivity index (χ3n) is 3.53. The first kappa shape index (κ1) is 15.6. The Morgan fingerprint density at radius 3 is 2.24 bits per heavy atom. The van der Waals surface area contributed by atoms with Crippen molar-refractivity contribution in [2.75, 3.05) is 19.6 Å². The first-order valence-electron chi connectivity index (χ1n) is 7.20. The summed E-state index contributed by atoms with van der Waals surface area (Å²) in [5.74, 6) is -1.22. The Bertz CT molecular complexity index is 453. The van der Waals surface area contributed by atoms with Gasteiger partial charge in [0.05, 0.1) is 6.54 Å². The van der Waals surface area contributed by atoms with Gasteiger partial charge in [-0.15, -0.1) is 0 Å². The average molecular weight is 298 g/mol. The summed E-state index contributed by atoms with van der Waals surface area (Å²) in [5, 5.41) is 9.32. The topological polar surface area (TPSA) is 87.2 Å². The molecule has 0 aromatic carbocycles. The molecule has 1 aliphatic carbocycles. The quantitative estimate of drug-likeness (QED) is 0.819. The molecule has 0 unspecified atom stereocenters. The van der Waals surface area contributed by atoms with Gasteiger partial charge < -0.3 is 19.6 Å². The van der Waals surface area contributed by atoms with E-state index >= 15 is 0 Å². The molecule has 0 aromatic heterocycles. The number of carbonyl (C=O) groups excluding carboxylic acids is 2. The Hall–Kier alpha value is -1.79. The van der Waals surface area contributed by atoms with Crippen molar-refractivity contribution in [3.8, 4) is 0 Å². The maximum Gasteiger partial charge on any atom is 0.410 e. The number of carboxylic acid groups (broad SMARTS) is 1. The standard InChI is InChI=1S/C14H22N2O5/c1-14(2,3)21-13(20)15-6-7-16(10(8-15)12(18)19)11(17)9-4-5-9/h9-10H,4-8H2,1-3H3,(H,18,19)/t10-/m0/s1. The third-order valence-corrected chi connectivity index (χ3v) is 3.53. The molecule has 2 rings (SSSR count). The van der Waals surface area contributed by atoms with E-state index in [9.17, 15) is 19.5 Å². The van der Waals surface area contributed by atoms with Crippen LogP contribution < -0.4 is 0 Å². The second-order valence-electron chi connectivity index (χ2n) is 6.59. The van der Waals surface area contributed by atoms with E-state index in [1.54, 1.807) is 20.8 Å². The maximum atomic E-state index is 12.1.